The number of aromatic nitrogens is 2. The number of para-hydroxylation sites is 1. The molecule has 6 heteroatoms. The molecule has 1 heterocycles. The zero-order valence-corrected chi connectivity index (χ0v) is 8.91. The van der Waals surface area contributed by atoms with Gasteiger partial charge in [-0.2, -0.15) is 0 Å². The van der Waals surface area contributed by atoms with Gasteiger partial charge in [0.05, 0.1) is 10.9 Å². The van der Waals surface area contributed by atoms with Gasteiger partial charge in [-0.15, -0.1) is 11.6 Å². The lowest BCUT2D eigenvalue weighted by Gasteiger charge is -2.02. The Bertz CT molecular complexity index is 594. The Morgan fingerprint density at radius 1 is 1.44 bits per heavy atom. The van der Waals surface area contributed by atoms with Gasteiger partial charge >= 0.3 is 0 Å². The van der Waals surface area contributed by atoms with Gasteiger partial charge in [-0.25, -0.2) is 4.98 Å². The Balaban J connectivity index is 2.50. The summed E-state index contributed by atoms with van der Waals surface area (Å²) in [5.41, 5.74) is 0.228. The van der Waals surface area contributed by atoms with E-state index in [9.17, 15) is 9.59 Å². The van der Waals surface area contributed by atoms with Gasteiger partial charge in [0.15, 0.2) is 0 Å². The van der Waals surface area contributed by atoms with Crippen LogP contribution in [0.3, 0.4) is 0 Å². The fraction of sp³-hybridized carbons (Fsp3) is 0.100. The smallest absolute Gasteiger partial charge is 0.260 e. The Hall–Kier alpha value is -1.88. The average Bonchev–Trinajstić information content (AvgIpc) is 2.29. The third kappa shape index (κ3) is 2.04. The van der Waals surface area contributed by atoms with E-state index in [-0.39, 0.29) is 17.4 Å². The molecule has 0 bridgehead atoms. The van der Waals surface area contributed by atoms with Gasteiger partial charge in [0.25, 0.3) is 5.56 Å². The number of anilines is 1. The zero-order valence-electron chi connectivity index (χ0n) is 8.16. The molecule has 5 nitrogen and oxygen atoms in total. The molecular formula is C10H8ClN3O2. The number of amides is 1. The SMILES string of the molecule is O=C(CCl)Nc1nc2ccccc2c(=O)[nH]1. The van der Waals surface area contributed by atoms with E-state index in [4.69, 9.17) is 11.6 Å². The Kier molecular flexibility index (Phi) is 2.87. The summed E-state index contributed by atoms with van der Waals surface area (Å²) in [5.74, 6) is -0.495. The number of H-pyrrole nitrogens is 1. The largest absolute Gasteiger partial charge is 0.295 e. The molecule has 0 saturated carbocycles. The molecular weight excluding hydrogens is 230 g/mol. The van der Waals surface area contributed by atoms with Crippen molar-refractivity contribution in [2.24, 2.45) is 0 Å². The number of nitrogens with zero attached hydrogens (tertiary/aromatic N) is 1. The van der Waals surface area contributed by atoms with E-state index in [1.807, 2.05) is 0 Å². The van der Waals surface area contributed by atoms with Crippen LogP contribution < -0.4 is 10.9 Å². The van der Waals surface area contributed by atoms with Crippen LogP contribution in [0.25, 0.3) is 10.9 Å². The Morgan fingerprint density at radius 3 is 2.94 bits per heavy atom. The molecule has 16 heavy (non-hydrogen) atoms. The molecule has 0 spiro atoms. The van der Waals surface area contributed by atoms with E-state index in [2.05, 4.69) is 15.3 Å². The Labute approximate surface area is 95.5 Å². The third-order valence-electron chi connectivity index (χ3n) is 1.99. The van der Waals surface area contributed by atoms with Gasteiger partial charge in [-0.1, -0.05) is 12.1 Å². The molecule has 2 rings (SSSR count). The number of carbonyl (C=O) groups excluding carboxylic acids is 1. The van der Waals surface area contributed by atoms with Crippen LogP contribution in [0.2, 0.25) is 0 Å². The number of rotatable bonds is 2. The van der Waals surface area contributed by atoms with Crippen LogP contribution in [0, 0.1) is 0 Å². The highest BCUT2D eigenvalue weighted by atomic mass is 35.5. The molecule has 1 aromatic heterocycles. The highest BCUT2D eigenvalue weighted by Crippen LogP contribution is 2.07. The molecule has 0 aliphatic heterocycles. The molecule has 1 aromatic carbocycles. The van der Waals surface area contributed by atoms with Crippen LogP contribution in [0.4, 0.5) is 5.95 Å². The maximum atomic E-state index is 11.6. The third-order valence-corrected chi connectivity index (χ3v) is 2.23. The van der Waals surface area contributed by atoms with Crippen LogP contribution in [0.1, 0.15) is 0 Å². The number of carbonyl (C=O) groups is 1. The van der Waals surface area contributed by atoms with Crippen LogP contribution in [0.15, 0.2) is 29.1 Å². The topological polar surface area (TPSA) is 74.8 Å². The number of fused-ring (bicyclic) bond motifs is 1. The summed E-state index contributed by atoms with van der Waals surface area (Å²) < 4.78 is 0. The minimum atomic E-state index is -0.417. The first-order chi connectivity index (χ1) is 7.70. The minimum absolute atomic E-state index is 0.106. The van der Waals surface area contributed by atoms with Crippen molar-refractivity contribution < 1.29 is 4.79 Å². The summed E-state index contributed by atoms with van der Waals surface area (Å²) in [6.07, 6.45) is 0. The molecule has 82 valence electrons. The standard InChI is InChI=1S/C10H8ClN3O2/c11-5-8(15)13-10-12-7-4-2-1-3-6(7)9(16)14-10/h1-4H,5H2,(H2,12,13,14,15,16). The van der Waals surface area contributed by atoms with Gasteiger partial charge in [0, 0.05) is 0 Å². The second-order valence-electron chi connectivity index (χ2n) is 3.11. The highest BCUT2D eigenvalue weighted by molar-refractivity contribution is 6.28. The van der Waals surface area contributed by atoms with Crippen LogP contribution >= 0.6 is 11.6 Å². The summed E-state index contributed by atoms with van der Waals surface area (Å²) in [6.45, 7) is 0. The molecule has 0 atom stereocenters. The number of nitrogens with one attached hydrogen (secondary N) is 2. The molecule has 2 aromatic rings. The van der Waals surface area contributed by atoms with Crippen molar-refractivity contribution >= 4 is 34.4 Å². The average molecular weight is 238 g/mol. The van der Waals surface area contributed by atoms with Crippen molar-refractivity contribution in [1.29, 1.82) is 0 Å². The maximum absolute atomic E-state index is 11.6. The van der Waals surface area contributed by atoms with E-state index >= 15 is 0 Å². The second kappa shape index (κ2) is 4.32. The number of hydrogen-bond acceptors (Lipinski definition) is 3. The quantitative estimate of drug-likeness (QED) is 0.768. The fourth-order valence-electron chi connectivity index (χ4n) is 1.31. The predicted octanol–water partition coefficient (Wildman–Crippen LogP) is 1.10. The summed E-state index contributed by atoms with van der Waals surface area (Å²) in [7, 11) is 0. The monoisotopic (exact) mass is 237 g/mol. The highest BCUT2D eigenvalue weighted by Gasteiger charge is 2.05. The minimum Gasteiger partial charge on any atom is -0.295 e. The fourth-order valence-corrected chi connectivity index (χ4v) is 1.38. The van der Waals surface area contributed by atoms with E-state index in [0.717, 1.165) is 0 Å². The normalized spacial score (nSPS) is 10.3. The second-order valence-corrected chi connectivity index (χ2v) is 3.38. The number of benzene rings is 1. The first kappa shape index (κ1) is 10.6. The van der Waals surface area contributed by atoms with Crippen molar-refractivity contribution in [3.05, 3.63) is 34.6 Å². The van der Waals surface area contributed by atoms with Gasteiger partial charge in [-0.3, -0.25) is 19.9 Å². The lowest BCUT2D eigenvalue weighted by Crippen LogP contribution is -2.19. The van der Waals surface area contributed by atoms with Crippen LogP contribution in [-0.4, -0.2) is 21.8 Å². The first-order valence-electron chi connectivity index (χ1n) is 4.55. The van der Waals surface area contributed by atoms with Gasteiger partial charge in [0.2, 0.25) is 11.9 Å². The molecule has 1 amide bonds. The molecule has 0 saturated heterocycles. The predicted molar refractivity (Wildman–Crippen MR) is 61.7 cm³/mol. The Morgan fingerprint density at radius 2 is 2.19 bits per heavy atom. The lowest BCUT2D eigenvalue weighted by molar-refractivity contribution is -0.114. The number of aromatic amines is 1. The number of hydrogen-bond donors (Lipinski definition) is 2. The summed E-state index contributed by atoms with van der Waals surface area (Å²) in [4.78, 5) is 29.1. The van der Waals surface area contributed by atoms with Crippen LogP contribution in [0.5, 0.6) is 0 Å². The van der Waals surface area contributed by atoms with Crippen LogP contribution in [-0.2, 0) is 4.79 Å². The first-order valence-corrected chi connectivity index (χ1v) is 5.09. The summed E-state index contributed by atoms with van der Waals surface area (Å²) >= 11 is 5.33. The van der Waals surface area contributed by atoms with Gasteiger partial charge < -0.3 is 0 Å². The van der Waals surface area contributed by atoms with Gasteiger partial charge in [0.1, 0.15) is 5.88 Å². The van der Waals surface area contributed by atoms with E-state index in [1.54, 1.807) is 24.3 Å². The zero-order chi connectivity index (χ0) is 11.5. The van der Waals surface area contributed by atoms with E-state index in [0.29, 0.717) is 10.9 Å². The molecule has 0 aliphatic rings. The van der Waals surface area contributed by atoms with Crippen molar-refractivity contribution in [3.63, 3.8) is 0 Å². The van der Waals surface area contributed by atoms with Crippen molar-refractivity contribution in [3.8, 4) is 0 Å². The van der Waals surface area contributed by atoms with Gasteiger partial charge in [-0.05, 0) is 12.1 Å². The molecule has 0 aliphatic carbocycles. The summed E-state index contributed by atoms with van der Waals surface area (Å²) in [6, 6.07) is 6.87. The van der Waals surface area contributed by atoms with E-state index in [1.165, 1.54) is 0 Å². The number of alkyl halides is 1. The number of halogens is 1. The van der Waals surface area contributed by atoms with Crippen molar-refractivity contribution in [1.82, 2.24) is 9.97 Å². The molecule has 0 fully saturated rings. The summed E-state index contributed by atoms with van der Waals surface area (Å²) in [5, 5.41) is 2.87. The van der Waals surface area contributed by atoms with Crippen molar-refractivity contribution in [2.75, 3.05) is 11.2 Å². The van der Waals surface area contributed by atoms with Crippen molar-refractivity contribution in [2.45, 2.75) is 0 Å². The molecule has 2 N–H and O–H groups in total. The van der Waals surface area contributed by atoms with E-state index < -0.39 is 5.91 Å². The maximum Gasteiger partial charge on any atom is 0.260 e. The molecule has 0 unspecified atom stereocenters. The molecule has 0 radical (unpaired) electrons. The lowest BCUT2D eigenvalue weighted by atomic mass is 10.2.